The van der Waals surface area contributed by atoms with E-state index in [1.54, 1.807) is 24.5 Å². The molecule has 0 atom stereocenters. The van der Waals surface area contributed by atoms with Gasteiger partial charge in [-0.05, 0) is 19.1 Å². The zero-order valence-corrected chi connectivity index (χ0v) is 9.38. The van der Waals surface area contributed by atoms with Crippen molar-refractivity contribution in [3.8, 4) is 6.07 Å². The Kier molecular flexibility index (Phi) is 3.26. The third-order valence-electron chi connectivity index (χ3n) is 2.15. The molecule has 2 aromatic rings. The number of nitrogens with one attached hydrogen (secondary N) is 1. The number of aromatic nitrogens is 3. The minimum absolute atomic E-state index is 0.394. The van der Waals surface area contributed by atoms with E-state index in [4.69, 9.17) is 5.26 Å². The number of pyridine rings is 1. The van der Waals surface area contributed by atoms with E-state index in [-0.39, 0.29) is 0 Å². The van der Waals surface area contributed by atoms with Crippen LogP contribution < -0.4 is 5.32 Å². The summed E-state index contributed by atoms with van der Waals surface area (Å²) in [5.74, 6) is 0.659. The minimum Gasteiger partial charge on any atom is -0.364 e. The Morgan fingerprint density at radius 1 is 1.29 bits per heavy atom. The van der Waals surface area contributed by atoms with Crippen molar-refractivity contribution >= 4 is 5.82 Å². The maximum absolute atomic E-state index is 8.72. The van der Waals surface area contributed by atoms with Crippen LogP contribution in [0.4, 0.5) is 5.82 Å². The lowest BCUT2D eigenvalue weighted by Crippen LogP contribution is -2.04. The largest absolute Gasteiger partial charge is 0.364 e. The molecule has 0 spiro atoms. The van der Waals surface area contributed by atoms with Gasteiger partial charge >= 0.3 is 0 Å². The summed E-state index contributed by atoms with van der Waals surface area (Å²) in [6, 6.07) is 7.25. The van der Waals surface area contributed by atoms with Gasteiger partial charge in [0.1, 0.15) is 17.6 Å². The number of aryl methyl sites for hydroxylation is 1. The molecule has 0 aliphatic rings. The molecule has 1 N–H and O–H groups in total. The maximum atomic E-state index is 8.72. The Morgan fingerprint density at radius 2 is 2.18 bits per heavy atom. The lowest BCUT2D eigenvalue weighted by molar-refractivity contribution is 0.975. The second-order valence-corrected chi connectivity index (χ2v) is 3.52. The first-order valence-corrected chi connectivity index (χ1v) is 5.16. The van der Waals surface area contributed by atoms with Crippen molar-refractivity contribution in [2.45, 2.75) is 13.5 Å². The first-order chi connectivity index (χ1) is 8.28. The quantitative estimate of drug-likeness (QED) is 0.859. The Hall–Kier alpha value is -2.48. The van der Waals surface area contributed by atoms with Crippen molar-refractivity contribution in [2.75, 3.05) is 5.32 Å². The number of nitriles is 1. The molecule has 0 fully saturated rings. The summed E-state index contributed by atoms with van der Waals surface area (Å²) in [6.07, 6.45) is 3.44. The highest BCUT2D eigenvalue weighted by molar-refractivity contribution is 5.38. The number of hydrogen-bond acceptors (Lipinski definition) is 5. The summed E-state index contributed by atoms with van der Waals surface area (Å²) in [5, 5.41) is 11.8. The van der Waals surface area contributed by atoms with Gasteiger partial charge in [0.25, 0.3) is 0 Å². The normalized spacial score (nSPS) is 9.65. The van der Waals surface area contributed by atoms with Crippen molar-refractivity contribution in [3.63, 3.8) is 0 Å². The molecule has 0 aliphatic heterocycles. The molecule has 0 bridgehead atoms. The van der Waals surface area contributed by atoms with Crippen LogP contribution in [0.3, 0.4) is 0 Å². The molecule has 0 saturated carbocycles. The van der Waals surface area contributed by atoms with Crippen molar-refractivity contribution < 1.29 is 0 Å². The van der Waals surface area contributed by atoms with Gasteiger partial charge in [-0.15, -0.1) is 0 Å². The van der Waals surface area contributed by atoms with Crippen molar-refractivity contribution in [1.29, 1.82) is 5.26 Å². The summed E-state index contributed by atoms with van der Waals surface area (Å²) in [6.45, 7) is 2.43. The van der Waals surface area contributed by atoms with E-state index in [0.717, 1.165) is 11.4 Å². The number of anilines is 1. The molecule has 0 saturated heterocycles. The first-order valence-electron chi connectivity index (χ1n) is 5.16. The smallest absolute Gasteiger partial charge is 0.142 e. The summed E-state index contributed by atoms with van der Waals surface area (Å²) >= 11 is 0. The van der Waals surface area contributed by atoms with E-state index in [0.29, 0.717) is 18.1 Å². The first kappa shape index (κ1) is 11.0. The van der Waals surface area contributed by atoms with Crippen LogP contribution in [0.15, 0.2) is 30.6 Å². The van der Waals surface area contributed by atoms with E-state index in [2.05, 4.69) is 20.3 Å². The third-order valence-corrected chi connectivity index (χ3v) is 2.15. The van der Waals surface area contributed by atoms with Crippen molar-refractivity contribution in [3.05, 3.63) is 47.7 Å². The third kappa shape index (κ3) is 2.98. The van der Waals surface area contributed by atoms with Gasteiger partial charge in [-0.3, -0.25) is 9.97 Å². The summed E-state index contributed by atoms with van der Waals surface area (Å²) in [5.41, 5.74) is 2.11. The fraction of sp³-hybridized carbons (Fsp3) is 0.167. The van der Waals surface area contributed by atoms with Crippen LogP contribution in [0, 0.1) is 18.3 Å². The maximum Gasteiger partial charge on any atom is 0.142 e. The van der Waals surface area contributed by atoms with Gasteiger partial charge < -0.3 is 5.32 Å². The highest BCUT2D eigenvalue weighted by atomic mass is 15.0. The molecule has 0 amide bonds. The average molecular weight is 225 g/mol. The number of nitrogens with zero attached hydrogens (tertiary/aromatic N) is 4. The van der Waals surface area contributed by atoms with Gasteiger partial charge in [-0.1, -0.05) is 6.07 Å². The van der Waals surface area contributed by atoms with Crippen LogP contribution >= 0.6 is 0 Å². The van der Waals surface area contributed by atoms with Gasteiger partial charge in [0, 0.05) is 6.20 Å². The highest BCUT2D eigenvalue weighted by Crippen LogP contribution is 2.05. The standard InChI is InChI=1S/C12H11N5/c1-9-6-15-11(7-14-9)8-16-12-4-2-3-10(5-13)17-12/h2-4,6-7H,8H2,1H3,(H,16,17). The summed E-state index contributed by atoms with van der Waals surface area (Å²) < 4.78 is 0. The predicted molar refractivity (Wildman–Crippen MR) is 63.0 cm³/mol. The number of hydrogen-bond donors (Lipinski definition) is 1. The Balaban J connectivity index is 2.02. The van der Waals surface area contributed by atoms with Crippen LogP contribution in [-0.4, -0.2) is 15.0 Å². The van der Waals surface area contributed by atoms with Gasteiger partial charge in [0.15, 0.2) is 0 Å². The molecule has 5 nitrogen and oxygen atoms in total. The molecule has 0 unspecified atom stereocenters. The van der Waals surface area contributed by atoms with Gasteiger partial charge in [0.05, 0.1) is 24.1 Å². The number of rotatable bonds is 3. The van der Waals surface area contributed by atoms with Crippen molar-refractivity contribution in [2.24, 2.45) is 0 Å². The SMILES string of the molecule is Cc1cnc(CNc2cccc(C#N)n2)cn1. The molecular formula is C12H11N5. The van der Waals surface area contributed by atoms with E-state index in [9.17, 15) is 0 Å². The van der Waals surface area contributed by atoms with Crippen LogP contribution in [0.2, 0.25) is 0 Å². The van der Waals surface area contributed by atoms with Crippen LogP contribution in [0.25, 0.3) is 0 Å². The van der Waals surface area contributed by atoms with E-state index in [1.165, 1.54) is 0 Å². The van der Waals surface area contributed by atoms with Gasteiger partial charge in [-0.2, -0.15) is 5.26 Å². The molecule has 5 heteroatoms. The Labute approximate surface area is 99.2 Å². The zero-order chi connectivity index (χ0) is 12.1. The topological polar surface area (TPSA) is 74.5 Å². The monoisotopic (exact) mass is 225 g/mol. The molecular weight excluding hydrogens is 214 g/mol. The molecule has 2 rings (SSSR count). The minimum atomic E-state index is 0.394. The lowest BCUT2D eigenvalue weighted by atomic mass is 10.3. The lowest BCUT2D eigenvalue weighted by Gasteiger charge is -2.04. The fourth-order valence-corrected chi connectivity index (χ4v) is 1.29. The molecule has 0 radical (unpaired) electrons. The molecule has 17 heavy (non-hydrogen) atoms. The predicted octanol–water partition coefficient (Wildman–Crippen LogP) is 1.66. The molecule has 0 aromatic carbocycles. The van der Waals surface area contributed by atoms with Gasteiger partial charge in [0.2, 0.25) is 0 Å². The molecule has 2 heterocycles. The second-order valence-electron chi connectivity index (χ2n) is 3.52. The fourth-order valence-electron chi connectivity index (χ4n) is 1.29. The highest BCUT2D eigenvalue weighted by Gasteiger charge is 1.98. The summed E-state index contributed by atoms with van der Waals surface area (Å²) in [4.78, 5) is 12.5. The molecule has 84 valence electrons. The van der Waals surface area contributed by atoms with Crippen LogP contribution in [-0.2, 0) is 6.54 Å². The molecule has 2 aromatic heterocycles. The zero-order valence-electron chi connectivity index (χ0n) is 9.38. The second kappa shape index (κ2) is 5.03. The molecule has 0 aliphatic carbocycles. The van der Waals surface area contributed by atoms with Crippen LogP contribution in [0.1, 0.15) is 17.1 Å². The summed E-state index contributed by atoms with van der Waals surface area (Å²) in [7, 11) is 0. The Bertz CT molecular complexity index is 542. The van der Waals surface area contributed by atoms with E-state index < -0.39 is 0 Å². The van der Waals surface area contributed by atoms with Crippen molar-refractivity contribution in [1.82, 2.24) is 15.0 Å². The van der Waals surface area contributed by atoms with E-state index in [1.807, 2.05) is 19.1 Å². The average Bonchev–Trinajstić information content (AvgIpc) is 2.38. The van der Waals surface area contributed by atoms with E-state index >= 15 is 0 Å². The van der Waals surface area contributed by atoms with Gasteiger partial charge in [-0.25, -0.2) is 4.98 Å². The van der Waals surface area contributed by atoms with Crippen LogP contribution in [0.5, 0.6) is 0 Å². The Morgan fingerprint density at radius 3 is 2.88 bits per heavy atom.